The van der Waals surface area contributed by atoms with E-state index in [1.54, 1.807) is 43.5 Å². The van der Waals surface area contributed by atoms with E-state index in [-0.39, 0.29) is 24.4 Å². The van der Waals surface area contributed by atoms with Crippen molar-refractivity contribution in [2.24, 2.45) is 0 Å². The van der Waals surface area contributed by atoms with E-state index in [1.165, 1.54) is 4.31 Å². The van der Waals surface area contributed by atoms with Gasteiger partial charge in [-0.05, 0) is 36.8 Å². The molecule has 0 bridgehead atoms. The van der Waals surface area contributed by atoms with Crippen molar-refractivity contribution in [3.63, 3.8) is 0 Å². The van der Waals surface area contributed by atoms with E-state index in [0.29, 0.717) is 5.75 Å². The number of hydrogen-bond acceptors (Lipinski definition) is 4. The summed E-state index contributed by atoms with van der Waals surface area (Å²) >= 11 is 0. The molecule has 0 spiro atoms. The molecule has 0 N–H and O–H groups in total. The van der Waals surface area contributed by atoms with Crippen LogP contribution in [0.25, 0.3) is 0 Å². The number of aldehydes is 1. The predicted octanol–water partition coefficient (Wildman–Crippen LogP) is 2.78. The van der Waals surface area contributed by atoms with E-state index in [2.05, 4.69) is 0 Å². The second kappa shape index (κ2) is 8.08. The monoisotopic (exact) mass is 347 g/mol. The molecule has 0 atom stereocenters. The lowest BCUT2D eigenvalue weighted by atomic mass is 10.2. The highest BCUT2D eigenvalue weighted by Gasteiger charge is 2.24. The topological polar surface area (TPSA) is 63.7 Å². The van der Waals surface area contributed by atoms with Crippen LogP contribution in [0.1, 0.15) is 17.5 Å². The molecular formula is C18H21NO4S. The Bertz CT molecular complexity index is 785. The van der Waals surface area contributed by atoms with Crippen LogP contribution < -0.4 is 4.74 Å². The fourth-order valence-electron chi connectivity index (χ4n) is 2.31. The normalized spacial score (nSPS) is 11.5. The van der Waals surface area contributed by atoms with Gasteiger partial charge in [0.05, 0.1) is 12.0 Å². The molecule has 24 heavy (non-hydrogen) atoms. The first-order valence-corrected chi connectivity index (χ1v) is 9.05. The molecule has 128 valence electrons. The Balaban J connectivity index is 2.32. The number of aryl methyl sites for hydroxylation is 1. The summed E-state index contributed by atoms with van der Waals surface area (Å²) in [5, 5.41) is 0. The maximum Gasteiger partial charge on any atom is 0.243 e. The van der Waals surface area contributed by atoms with Gasteiger partial charge in [-0.1, -0.05) is 29.8 Å². The molecule has 0 amide bonds. The Morgan fingerprint density at radius 2 is 1.83 bits per heavy atom. The van der Waals surface area contributed by atoms with E-state index in [9.17, 15) is 13.2 Å². The minimum atomic E-state index is -3.67. The maximum absolute atomic E-state index is 12.9. The van der Waals surface area contributed by atoms with Crippen molar-refractivity contribution in [2.75, 3.05) is 13.7 Å². The standard InChI is InChI=1S/C18H21NO4S/c1-15-7-9-18(10-8-15)24(21,22)19(11-4-12-20)14-16-5-3-6-17(13-16)23-2/h3,5-10,12-13H,4,11,14H2,1-2H3. The average Bonchev–Trinajstić information content (AvgIpc) is 2.59. The summed E-state index contributed by atoms with van der Waals surface area (Å²) < 4.78 is 32.3. The van der Waals surface area contributed by atoms with Crippen molar-refractivity contribution in [3.8, 4) is 5.75 Å². The van der Waals surface area contributed by atoms with Crippen LogP contribution in [-0.2, 0) is 21.4 Å². The van der Waals surface area contributed by atoms with Gasteiger partial charge in [-0.2, -0.15) is 4.31 Å². The van der Waals surface area contributed by atoms with Crippen molar-refractivity contribution >= 4 is 16.3 Å². The molecule has 0 aliphatic carbocycles. The quantitative estimate of drug-likeness (QED) is 0.689. The third-order valence-corrected chi connectivity index (χ3v) is 5.51. The summed E-state index contributed by atoms with van der Waals surface area (Å²) in [6, 6.07) is 13.9. The van der Waals surface area contributed by atoms with Crippen molar-refractivity contribution in [1.29, 1.82) is 0 Å². The highest BCUT2D eigenvalue weighted by atomic mass is 32.2. The van der Waals surface area contributed by atoms with Crippen molar-refractivity contribution < 1.29 is 17.9 Å². The molecule has 0 saturated carbocycles. The molecule has 0 aromatic heterocycles. The summed E-state index contributed by atoms with van der Waals surface area (Å²) in [6.07, 6.45) is 0.873. The number of rotatable bonds is 8. The molecule has 2 aromatic carbocycles. The Kier molecular flexibility index (Phi) is 6.11. The van der Waals surface area contributed by atoms with Gasteiger partial charge in [-0.25, -0.2) is 8.42 Å². The van der Waals surface area contributed by atoms with E-state index < -0.39 is 10.0 Å². The van der Waals surface area contributed by atoms with Gasteiger partial charge < -0.3 is 9.53 Å². The van der Waals surface area contributed by atoms with Gasteiger partial charge in [0.2, 0.25) is 10.0 Å². The Hall–Kier alpha value is -2.18. The lowest BCUT2D eigenvalue weighted by Crippen LogP contribution is -2.31. The average molecular weight is 347 g/mol. The second-order valence-electron chi connectivity index (χ2n) is 5.46. The molecule has 6 heteroatoms. The van der Waals surface area contributed by atoms with Crippen LogP contribution in [0.15, 0.2) is 53.4 Å². The first-order chi connectivity index (χ1) is 11.5. The fraction of sp³-hybridized carbons (Fsp3) is 0.278. The van der Waals surface area contributed by atoms with Crippen molar-refractivity contribution in [1.82, 2.24) is 4.31 Å². The van der Waals surface area contributed by atoms with Gasteiger partial charge >= 0.3 is 0 Å². The number of benzene rings is 2. The first-order valence-electron chi connectivity index (χ1n) is 7.61. The predicted molar refractivity (Wildman–Crippen MR) is 92.4 cm³/mol. The van der Waals surface area contributed by atoms with Crippen LogP contribution in [0.5, 0.6) is 5.75 Å². The fourth-order valence-corrected chi connectivity index (χ4v) is 3.76. The maximum atomic E-state index is 12.9. The van der Waals surface area contributed by atoms with E-state index in [4.69, 9.17) is 4.74 Å². The molecule has 0 aliphatic rings. The minimum absolute atomic E-state index is 0.136. The highest BCUT2D eigenvalue weighted by Crippen LogP contribution is 2.21. The summed E-state index contributed by atoms with van der Waals surface area (Å²) in [4.78, 5) is 11.0. The SMILES string of the molecule is COc1cccc(CN(CCC=O)S(=O)(=O)c2ccc(C)cc2)c1. The van der Waals surface area contributed by atoms with Gasteiger partial charge in [-0.15, -0.1) is 0 Å². The van der Waals surface area contributed by atoms with Gasteiger partial charge in [-0.3, -0.25) is 0 Å². The number of nitrogens with zero attached hydrogens (tertiary/aromatic N) is 1. The largest absolute Gasteiger partial charge is 0.497 e. The zero-order chi connectivity index (χ0) is 17.6. The first kappa shape index (κ1) is 18.2. The number of ether oxygens (including phenoxy) is 1. The van der Waals surface area contributed by atoms with E-state index >= 15 is 0 Å². The third-order valence-electron chi connectivity index (χ3n) is 3.65. The zero-order valence-corrected chi connectivity index (χ0v) is 14.6. The summed E-state index contributed by atoms with van der Waals surface area (Å²) in [5.74, 6) is 0.663. The molecule has 2 aromatic rings. The number of methoxy groups -OCH3 is 1. The molecule has 0 radical (unpaired) electrons. The van der Waals surface area contributed by atoms with Gasteiger partial charge in [0.15, 0.2) is 0 Å². The molecule has 2 rings (SSSR count). The van der Waals surface area contributed by atoms with Crippen LogP contribution in [0.2, 0.25) is 0 Å². The third kappa shape index (κ3) is 4.43. The van der Waals surface area contributed by atoms with Gasteiger partial charge in [0.25, 0.3) is 0 Å². The molecule has 0 fully saturated rings. The summed E-state index contributed by atoms with van der Waals surface area (Å²) in [7, 11) is -2.11. The summed E-state index contributed by atoms with van der Waals surface area (Å²) in [6.45, 7) is 2.22. The number of carbonyl (C=O) groups excluding carboxylic acids is 1. The van der Waals surface area contributed by atoms with Crippen LogP contribution in [0.4, 0.5) is 0 Å². The molecule has 0 aliphatic heterocycles. The Morgan fingerprint density at radius 3 is 2.46 bits per heavy atom. The lowest BCUT2D eigenvalue weighted by molar-refractivity contribution is -0.107. The molecular weight excluding hydrogens is 326 g/mol. The van der Waals surface area contributed by atoms with E-state index in [0.717, 1.165) is 17.4 Å². The van der Waals surface area contributed by atoms with Crippen molar-refractivity contribution in [2.45, 2.75) is 24.8 Å². The lowest BCUT2D eigenvalue weighted by Gasteiger charge is -2.22. The Labute approximate surface area is 142 Å². The molecule has 0 heterocycles. The molecule has 5 nitrogen and oxygen atoms in total. The summed E-state index contributed by atoms with van der Waals surface area (Å²) in [5.41, 5.74) is 1.79. The second-order valence-corrected chi connectivity index (χ2v) is 7.40. The minimum Gasteiger partial charge on any atom is -0.497 e. The number of hydrogen-bond donors (Lipinski definition) is 0. The highest BCUT2D eigenvalue weighted by molar-refractivity contribution is 7.89. The molecule has 0 unspecified atom stereocenters. The van der Waals surface area contributed by atoms with Crippen LogP contribution in [-0.4, -0.2) is 32.7 Å². The Morgan fingerprint density at radius 1 is 1.12 bits per heavy atom. The van der Waals surface area contributed by atoms with E-state index in [1.807, 2.05) is 19.1 Å². The number of carbonyl (C=O) groups is 1. The molecule has 0 saturated heterocycles. The van der Waals surface area contributed by atoms with Crippen LogP contribution >= 0.6 is 0 Å². The van der Waals surface area contributed by atoms with Gasteiger partial charge in [0.1, 0.15) is 12.0 Å². The smallest absolute Gasteiger partial charge is 0.243 e. The zero-order valence-electron chi connectivity index (χ0n) is 13.8. The van der Waals surface area contributed by atoms with Crippen molar-refractivity contribution in [3.05, 3.63) is 59.7 Å². The number of sulfonamides is 1. The van der Waals surface area contributed by atoms with Crippen LogP contribution in [0.3, 0.4) is 0 Å². The van der Waals surface area contributed by atoms with Crippen LogP contribution in [0, 0.1) is 6.92 Å². The van der Waals surface area contributed by atoms with Gasteiger partial charge in [0, 0.05) is 19.5 Å².